The van der Waals surface area contributed by atoms with Gasteiger partial charge in [-0.1, -0.05) is 114 Å². The van der Waals surface area contributed by atoms with Crippen molar-refractivity contribution in [2.75, 3.05) is 27.4 Å². The van der Waals surface area contributed by atoms with E-state index in [2.05, 4.69) is 22.1 Å². The minimum absolute atomic E-state index is 0.0733. The summed E-state index contributed by atoms with van der Waals surface area (Å²) in [4.78, 5) is 22.3. The summed E-state index contributed by atoms with van der Waals surface area (Å²) in [5.74, 6) is -0.471. The predicted molar refractivity (Wildman–Crippen MR) is 176 cm³/mol. The number of hydrogen-bond donors (Lipinski definition) is 3. The molecule has 2 unspecified atom stereocenters. The number of carbonyl (C=O) groups excluding carboxylic acids is 1. The lowest BCUT2D eigenvalue weighted by Gasteiger charge is -2.27. The molecule has 1 aliphatic rings. The number of nitrogens with one attached hydrogen (secondary N) is 2. The van der Waals surface area contributed by atoms with Crippen LogP contribution in [-0.4, -0.2) is 61.8 Å². The quantitative estimate of drug-likeness (QED) is 0.0471. The third-order valence-corrected chi connectivity index (χ3v) is 9.23. The Morgan fingerprint density at radius 1 is 0.909 bits per heavy atom. The van der Waals surface area contributed by atoms with E-state index in [1.807, 2.05) is 30.3 Å². The van der Waals surface area contributed by atoms with Crippen LogP contribution in [-0.2, 0) is 34.4 Å². The van der Waals surface area contributed by atoms with Crippen molar-refractivity contribution in [3.8, 4) is 0 Å². The Hall–Kier alpha value is -1.75. The lowest BCUT2D eigenvalue weighted by Crippen LogP contribution is -2.48. The maximum atomic E-state index is 12.3. The molecular formula is C32H55N2O8PS. The zero-order valence-corrected chi connectivity index (χ0v) is 28.6. The molecule has 1 saturated carbocycles. The lowest BCUT2D eigenvalue weighted by atomic mass is 10.0. The molecule has 0 amide bonds. The van der Waals surface area contributed by atoms with Gasteiger partial charge in [0.25, 0.3) is 0 Å². The van der Waals surface area contributed by atoms with Gasteiger partial charge in [0.15, 0.2) is 5.11 Å². The number of unbranched alkanes of at least 4 members (excludes halogenated alkanes) is 12. The summed E-state index contributed by atoms with van der Waals surface area (Å²) in [6, 6.07) is 8.91. The highest BCUT2D eigenvalue weighted by molar-refractivity contribution is 7.80. The van der Waals surface area contributed by atoms with E-state index in [-0.39, 0.29) is 19.3 Å². The van der Waals surface area contributed by atoms with E-state index in [1.165, 1.54) is 77.7 Å². The summed E-state index contributed by atoms with van der Waals surface area (Å²) in [6.07, 6.45) is 14.9. The van der Waals surface area contributed by atoms with Crippen molar-refractivity contribution in [1.82, 2.24) is 10.6 Å². The summed E-state index contributed by atoms with van der Waals surface area (Å²) in [5, 5.41) is 6.98. The molecule has 44 heavy (non-hydrogen) atoms. The summed E-state index contributed by atoms with van der Waals surface area (Å²) >= 11 is 5.53. The van der Waals surface area contributed by atoms with Gasteiger partial charge in [0.05, 0.1) is 6.04 Å². The van der Waals surface area contributed by atoms with Crippen LogP contribution >= 0.6 is 20.0 Å². The largest absolute Gasteiger partial charge is 0.508 e. The topological polar surface area (TPSA) is 125 Å². The number of hydrogen-bond acceptors (Lipinski definition) is 8. The summed E-state index contributed by atoms with van der Waals surface area (Å²) < 4.78 is 38.6. The number of benzene rings is 1. The standard InChI is InChI=1S/C32H55N2O8PS/c1-4-5-6-7-8-9-10-11-12-13-14-15-19-22-33-31(44)34-28-23-27(29(30(28)38-2)42-43(36,37)39-3)25-41-32(35)40-24-26-20-17-16-18-21-26/h16-18,20-21,27-30H,4-15,19,22-25H2,1-3H3,(H,36,37)(H2,33,34,44)/t27-,28-,29?,30-/m1/s1. The van der Waals surface area contributed by atoms with Gasteiger partial charge in [-0.05, 0) is 30.6 Å². The molecule has 10 nitrogen and oxygen atoms in total. The molecule has 12 heteroatoms. The van der Waals surface area contributed by atoms with E-state index >= 15 is 0 Å². The molecule has 1 aromatic rings. The van der Waals surface area contributed by atoms with E-state index in [0.717, 1.165) is 32.1 Å². The molecule has 0 aromatic heterocycles. The Labute approximate surface area is 269 Å². The van der Waals surface area contributed by atoms with Gasteiger partial charge in [-0.15, -0.1) is 0 Å². The minimum Gasteiger partial charge on any atom is -0.434 e. The van der Waals surface area contributed by atoms with Crippen LogP contribution in [0.15, 0.2) is 30.3 Å². The molecule has 0 saturated heterocycles. The average molecular weight is 659 g/mol. The third-order valence-electron chi connectivity index (χ3n) is 8.00. The van der Waals surface area contributed by atoms with Gasteiger partial charge < -0.3 is 29.7 Å². The second-order valence-electron chi connectivity index (χ2n) is 11.5. The minimum atomic E-state index is -4.34. The molecule has 0 spiro atoms. The Morgan fingerprint density at radius 3 is 2.07 bits per heavy atom. The highest BCUT2D eigenvalue weighted by Gasteiger charge is 2.48. The molecule has 0 bridgehead atoms. The zero-order chi connectivity index (χ0) is 32.0. The van der Waals surface area contributed by atoms with Crippen molar-refractivity contribution in [1.29, 1.82) is 0 Å². The third kappa shape index (κ3) is 16.0. The normalized spacial score (nSPS) is 21.0. The van der Waals surface area contributed by atoms with E-state index in [0.29, 0.717) is 11.5 Å². The van der Waals surface area contributed by atoms with E-state index in [4.69, 9.17) is 31.0 Å². The fourth-order valence-corrected chi connectivity index (χ4v) is 6.47. The molecular weight excluding hydrogens is 603 g/mol. The predicted octanol–water partition coefficient (Wildman–Crippen LogP) is 7.43. The number of ether oxygens (including phenoxy) is 3. The van der Waals surface area contributed by atoms with Crippen molar-refractivity contribution in [3.63, 3.8) is 0 Å². The maximum absolute atomic E-state index is 12.3. The van der Waals surface area contributed by atoms with Crippen molar-refractivity contribution < 1.29 is 37.5 Å². The Balaban J connectivity index is 1.71. The first-order valence-corrected chi connectivity index (χ1v) is 18.2. The van der Waals surface area contributed by atoms with Crippen molar-refractivity contribution in [2.45, 2.75) is 122 Å². The van der Waals surface area contributed by atoms with Crippen molar-refractivity contribution in [2.24, 2.45) is 5.92 Å². The SMILES string of the molecule is CCCCCCCCCCCCCCCNC(=S)N[C@@H]1C[C@H](COC(=O)OCc2ccccc2)C(OP(=O)(O)OC)[C@@H]1OC. The number of carbonyl (C=O) groups is 1. The molecule has 3 N–H and O–H groups in total. The second-order valence-corrected chi connectivity index (χ2v) is 13.4. The first-order chi connectivity index (χ1) is 21.3. The molecule has 252 valence electrons. The average Bonchev–Trinajstić information content (AvgIpc) is 3.33. The Kier molecular flexibility index (Phi) is 19.8. The summed E-state index contributed by atoms with van der Waals surface area (Å²) in [7, 11) is -1.76. The Morgan fingerprint density at radius 2 is 1.50 bits per heavy atom. The van der Waals surface area contributed by atoms with Crippen LogP contribution in [0.2, 0.25) is 0 Å². The van der Waals surface area contributed by atoms with Crippen LogP contribution in [0, 0.1) is 5.92 Å². The molecule has 5 atom stereocenters. The molecule has 1 aliphatic carbocycles. The Bertz CT molecular complexity index is 973. The zero-order valence-electron chi connectivity index (χ0n) is 26.9. The number of phosphoric ester groups is 1. The van der Waals surface area contributed by atoms with Crippen LogP contribution in [0.1, 0.15) is 102 Å². The summed E-state index contributed by atoms with van der Waals surface area (Å²) in [5.41, 5.74) is 0.830. The van der Waals surface area contributed by atoms with E-state index < -0.39 is 32.1 Å². The van der Waals surface area contributed by atoms with Crippen LogP contribution in [0.3, 0.4) is 0 Å². The fourth-order valence-electron chi connectivity index (χ4n) is 5.53. The van der Waals surface area contributed by atoms with Crippen LogP contribution in [0.5, 0.6) is 0 Å². The molecule has 0 radical (unpaired) electrons. The van der Waals surface area contributed by atoms with Gasteiger partial charge in [-0.3, -0.25) is 9.05 Å². The van der Waals surface area contributed by atoms with Crippen LogP contribution in [0.4, 0.5) is 4.79 Å². The van der Waals surface area contributed by atoms with Gasteiger partial charge in [0.2, 0.25) is 0 Å². The molecule has 0 aliphatic heterocycles. The highest BCUT2D eigenvalue weighted by Crippen LogP contribution is 2.48. The van der Waals surface area contributed by atoms with E-state index in [9.17, 15) is 14.3 Å². The summed E-state index contributed by atoms with van der Waals surface area (Å²) in [6.45, 7) is 2.99. The molecule has 1 fully saturated rings. The van der Waals surface area contributed by atoms with Gasteiger partial charge >= 0.3 is 14.0 Å². The van der Waals surface area contributed by atoms with Crippen molar-refractivity contribution >= 4 is 31.3 Å². The monoisotopic (exact) mass is 658 g/mol. The van der Waals surface area contributed by atoms with Crippen molar-refractivity contribution in [3.05, 3.63) is 35.9 Å². The van der Waals surface area contributed by atoms with Gasteiger partial charge in [-0.2, -0.15) is 0 Å². The molecule has 0 heterocycles. The van der Waals surface area contributed by atoms with Gasteiger partial charge in [0.1, 0.15) is 25.4 Å². The maximum Gasteiger partial charge on any atom is 0.508 e. The number of thiocarbonyl (C=S) groups is 1. The van der Waals surface area contributed by atoms with Gasteiger partial charge in [-0.25, -0.2) is 9.36 Å². The molecule has 2 rings (SSSR count). The first-order valence-electron chi connectivity index (χ1n) is 16.3. The smallest absolute Gasteiger partial charge is 0.434 e. The van der Waals surface area contributed by atoms with Crippen LogP contribution in [0.25, 0.3) is 0 Å². The second kappa shape index (κ2) is 22.7. The lowest BCUT2D eigenvalue weighted by molar-refractivity contribution is -0.0317. The van der Waals surface area contributed by atoms with E-state index in [1.54, 1.807) is 0 Å². The van der Waals surface area contributed by atoms with Gasteiger partial charge in [0, 0.05) is 26.7 Å². The fraction of sp³-hybridized carbons (Fsp3) is 0.750. The highest BCUT2D eigenvalue weighted by atomic mass is 32.1. The first kappa shape index (κ1) is 38.4. The molecule has 1 aromatic carbocycles. The number of phosphoric acid groups is 1. The number of methoxy groups -OCH3 is 1. The van der Waals surface area contributed by atoms with Crippen LogP contribution < -0.4 is 10.6 Å². The number of rotatable bonds is 23.